The normalized spacial score (nSPS) is 32.6. The molecular weight excluding hydrogens is 318 g/mol. The smallest absolute Gasteiger partial charge is 0.326 e. The van der Waals surface area contributed by atoms with E-state index in [1.54, 1.807) is 4.90 Å². The van der Waals surface area contributed by atoms with Crippen LogP contribution in [0.3, 0.4) is 0 Å². The summed E-state index contributed by atoms with van der Waals surface area (Å²) in [4.78, 5) is 26.6. The molecule has 134 valence electrons. The maximum Gasteiger partial charge on any atom is 0.326 e. The zero-order chi connectivity index (χ0) is 17.4. The second-order valence-electron chi connectivity index (χ2n) is 7.56. The molecule has 4 atom stereocenters. The van der Waals surface area contributed by atoms with E-state index in [0.29, 0.717) is 18.3 Å². The molecular formula is C20H25NO4. The quantitative estimate of drug-likeness (QED) is 0.913. The van der Waals surface area contributed by atoms with Crippen LogP contribution in [0.15, 0.2) is 30.3 Å². The van der Waals surface area contributed by atoms with Gasteiger partial charge in [0, 0.05) is 19.1 Å². The molecule has 1 aromatic carbocycles. The molecule has 2 aliphatic heterocycles. The van der Waals surface area contributed by atoms with Crippen LogP contribution in [0.4, 0.5) is 0 Å². The number of carboxylic acids is 1. The van der Waals surface area contributed by atoms with Gasteiger partial charge in [0.25, 0.3) is 0 Å². The molecule has 25 heavy (non-hydrogen) atoms. The molecule has 2 saturated heterocycles. The molecule has 1 aliphatic carbocycles. The molecule has 1 N–H and O–H groups in total. The number of nitrogens with zero attached hydrogens (tertiary/aromatic N) is 1. The summed E-state index contributed by atoms with van der Waals surface area (Å²) in [5.74, 6) is 0.158. The lowest BCUT2D eigenvalue weighted by atomic mass is 9.93. The van der Waals surface area contributed by atoms with E-state index >= 15 is 0 Å². The topological polar surface area (TPSA) is 66.8 Å². The molecule has 5 heteroatoms. The average molecular weight is 343 g/mol. The molecule has 0 aromatic heterocycles. The van der Waals surface area contributed by atoms with Crippen molar-refractivity contribution in [3.05, 3.63) is 35.9 Å². The Labute approximate surface area is 148 Å². The number of ether oxygens (including phenoxy) is 1. The Morgan fingerprint density at radius 3 is 2.44 bits per heavy atom. The molecule has 0 bridgehead atoms. The van der Waals surface area contributed by atoms with E-state index in [0.717, 1.165) is 44.5 Å². The van der Waals surface area contributed by atoms with Crippen LogP contribution in [0.2, 0.25) is 0 Å². The number of rotatable bonds is 4. The van der Waals surface area contributed by atoms with Crippen molar-refractivity contribution in [2.24, 2.45) is 17.8 Å². The first-order chi connectivity index (χ1) is 12.2. The van der Waals surface area contributed by atoms with E-state index in [2.05, 4.69) is 0 Å². The molecule has 3 aliphatic rings. The van der Waals surface area contributed by atoms with Gasteiger partial charge in [0.2, 0.25) is 5.91 Å². The molecule has 4 rings (SSSR count). The number of benzene rings is 1. The minimum Gasteiger partial charge on any atom is -0.480 e. The van der Waals surface area contributed by atoms with Gasteiger partial charge < -0.3 is 14.7 Å². The molecule has 1 aromatic rings. The van der Waals surface area contributed by atoms with E-state index in [4.69, 9.17) is 4.74 Å². The van der Waals surface area contributed by atoms with Crippen LogP contribution in [0.5, 0.6) is 0 Å². The van der Waals surface area contributed by atoms with Gasteiger partial charge in [0.15, 0.2) is 0 Å². The van der Waals surface area contributed by atoms with Crippen molar-refractivity contribution in [2.45, 2.75) is 44.2 Å². The van der Waals surface area contributed by atoms with Crippen LogP contribution in [-0.2, 0) is 14.3 Å². The van der Waals surface area contributed by atoms with Gasteiger partial charge >= 0.3 is 5.97 Å². The minimum absolute atomic E-state index is 0.00858. The molecule has 1 unspecified atom stereocenters. The van der Waals surface area contributed by atoms with E-state index in [-0.39, 0.29) is 17.9 Å². The van der Waals surface area contributed by atoms with Gasteiger partial charge in [-0.2, -0.15) is 0 Å². The highest BCUT2D eigenvalue weighted by Gasteiger charge is 2.53. The summed E-state index contributed by atoms with van der Waals surface area (Å²) >= 11 is 0. The number of amides is 1. The fourth-order valence-corrected chi connectivity index (χ4v) is 4.72. The first kappa shape index (κ1) is 16.6. The van der Waals surface area contributed by atoms with Crippen LogP contribution in [0.25, 0.3) is 0 Å². The summed E-state index contributed by atoms with van der Waals surface area (Å²) < 4.78 is 5.42. The molecule has 1 amide bonds. The molecule has 0 spiro atoms. The van der Waals surface area contributed by atoms with Crippen LogP contribution < -0.4 is 0 Å². The Bertz CT molecular complexity index is 640. The van der Waals surface area contributed by atoms with Crippen molar-refractivity contribution in [1.82, 2.24) is 4.90 Å². The lowest BCUT2D eigenvalue weighted by Crippen LogP contribution is -2.43. The van der Waals surface area contributed by atoms with Crippen LogP contribution in [0.1, 0.15) is 43.7 Å². The van der Waals surface area contributed by atoms with Gasteiger partial charge in [-0.05, 0) is 49.5 Å². The van der Waals surface area contributed by atoms with Gasteiger partial charge in [0.05, 0.1) is 6.04 Å². The molecule has 3 fully saturated rings. The first-order valence-corrected chi connectivity index (χ1v) is 9.34. The number of carboxylic acid groups (broad SMARTS) is 1. The highest BCUT2D eigenvalue weighted by molar-refractivity contribution is 5.88. The van der Waals surface area contributed by atoms with Gasteiger partial charge in [0.1, 0.15) is 6.04 Å². The maximum absolute atomic E-state index is 13.2. The largest absolute Gasteiger partial charge is 0.480 e. The minimum atomic E-state index is -0.880. The Balaban J connectivity index is 1.52. The second kappa shape index (κ2) is 6.79. The highest BCUT2D eigenvalue weighted by Crippen LogP contribution is 2.51. The van der Waals surface area contributed by atoms with Crippen molar-refractivity contribution in [1.29, 1.82) is 0 Å². The molecule has 1 saturated carbocycles. The van der Waals surface area contributed by atoms with E-state index in [9.17, 15) is 14.7 Å². The van der Waals surface area contributed by atoms with E-state index in [1.165, 1.54) is 0 Å². The van der Waals surface area contributed by atoms with Gasteiger partial charge in [-0.3, -0.25) is 4.79 Å². The third-order valence-electron chi connectivity index (χ3n) is 6.14. The number of aliphatic carboxylic acids is 1. The predicted octanol–water partition coefficient (Wildman–Crippen LogP) is 2.87. The van der Waals surface area contributed by atoms with Gasteiger partial charge in [-0.25, -0.2) is 4.79 Å². The zero-order valence-corrected chi connectivity index (χ0v) is 14.3. The van der Waals surface area contributed by atoms with Gasteiger partial charge in [-0.1, -0.05) is 30.3 Å². The van der Waals surface area contributed by atoms with Crippen molar-refractivity contribution in [3.8, 4) is 0 Å². The van der Waals surface area contributed by atoms with E-state index in [1.807, 2.05) is 30.3 Å². The molecule has 2 heterocycles. The summed E-state index contributed by atoms with van der Waals surface area (Å²) in [7, 11) is 0. The van der Waals surface area contributed by atoms with Crippen molar-refractivity contribution >= 4 is 11.9 Å². The first-order valence-electron chi connectivity index (χ1n) is 9.34. The third-order valence-corrected chi connectivity index (χ3v) is 6.14. The SMILES string of the molecule is O=C(O)C1CC[C@@H](c2ccccc2)N1C(=O)[C@@H]1C[C@H]1C1CCOCC1. The third kappa shape index (κ3) is 3.17. The Morgan fingerprint density at radius 2 is 1.76 bits per heavy atom. The van der Waals surface area contributed by atoms with Crippen LogP contribution >= 0.6 is 0 Å². The highest BCUT2D eigenvalue weighted by atomic mass is 16.5. The predicted molar refractivity (Wildman–Crippen MR) is 91.8 cm³/mol. The summed E-state index contributed by atoms with van der Waals surface area (Å²) in [6.07, 6.45) is 4.22. The number of hydrogen-bond donors (Lipinski definition) is 1. The molecule has 0 radical (unpaired) electrons. The zero-order valence-electron chi connectivity index (χ0n) is 14.3. The van der Waals surface area contributed by atoms with Crippen molar-refractivity contribution in [2.75, 3.05) is 13.2 Å². The van der Waals surface area contributed by atoms with Crippen molar-refractivity contribution < 1.29 is 19.4 Å². The second-order valence-corrected chi connectivity index (χ2v) is 7.56. The van der Waals surface area contributed by atoms with Crippen LogP contribution in [0, 0.1) is 17.8 Å². The summed E-state index contributed by atoms with van der Waals surface area (Å²) in [6, 6.07) is 9.05. The number of carbonyl (C=O) groups is 2. The number of carbonyl (C=O) groups excluding carboxylic acids is 1. The monoisotopic (exact) mass is 343 g/mol. The van der Waals surface area contributed by atoms with Crippen molar-refractivity contribution in [3.63, 3.8) is 0 Å². The lowest BCUT2D eigenvalue weighted by molar-refractivity contribution is -0.150. The summed E-state index contributed by atoms with van der Waals surface area (Å²) in [5, 5.41) is 9.60. The fraction of sp³-hybridized carbons (Fsp3) is 0.600. The Morgan fingerprint density at radius 1 is 1.04 bits per heavy atom. The summed E-state index contributed by atoms with van der Waals surface area (Å²) in [5.41, 5.74) is 1.04. The Kier molecular flexibility index (Phi) is 4.50. The number of hydrogen-bond acceptors (Lipinski definition) is 3. The molecule has 5 nitrogen and oxygen atoms in total. The van der Waals surface area contributed by atoms with E-state index < -0.39 is 12.0 Å². The fourth-order valence-electron chi connectivity index (χ4n) is 4.72. The van der Waals surface area contributed by atoms with Crippen LogP contribution in [-0.4, -0.2) is 41.1 Å². The average Bonchev–Trinajstić information content (AvgIpc) is 3.32. The number of likely N-dealkylation sites (tertiary alicyclic amines) is 1. The maximum atomic E-state index is 13.2. The Hall–Kier alpha value is -1.88. The standard InChI is InChI=1S/C20H25NO4/c22-19(16-12-15(16)13-8-10-25-11-9-13)21-17(6-7-18(21)20(23)24)14-4-2-1-3-5-14/h1-5,13,15-18H,6-12H2,(H,23,24)/t15-,16+,17-,18?/m0/s1. The lowest BCUT2D eigenvalue weighted by Gasteiger charge is -2.30. The van der Waals surface area contributed by atoms with Gasteiger partial charge in [-0.15, -0.1) is 0 Å². The summed E-state index contributed by atoms with van der Waals surface area (Å²) in [6.45, 7) is 1.58.